The Morgan fingerprint density at radius 2 is 1.93 bits per heavy atom. The van der Waals surface area contributed by atoms with Gasteiger partial charge in [-0.1, -0.05) is 0 Å². The summed E-state index contributed by atoms with van der Waals surface area (Å²) < 4.78 is 12.1. The molecule has 1 spiro atoms. The zero-order valence-electron chi connectivity index (χ0n) is 9.32. The predicted octanol–water partition coefficient (Wildman–Crippen LogP) is 2.72. The van der Waals surface area contributed by atoms with Gasteiger partial charge >= 0.3 is 0 Å². The van der Waals surface area contributed by atoms with Gasteiger partial charge in [0.1, 0.15) is 0 Å². The molecule has 0 unspecified atom stereocenters. The highest BCUT2D eigenvalue weighted by atomic mass is 32.2. The second kappa shape index (κ2) is 3.56. The standard InChI is InChI=1S/C11H18O2S2/c1-10(2)12-7-9(13-10)8-6-11(8)14-4-3-5-15-11/h8-9H,3-7H2,1-2H3/t8-,9-/m1/s1. The molecule has 1 saturated carbocycles. The molecule has 1 aliphatic carbocycles. The van der Waals surface area contributed by atoms with Crippen molar-refractivity contribution in [1.29, 1.82) is 0 Å². The number of hydrogen-bond acceptors (Lipinski definition) is 4. The average Bonchev–Trinajstić information content (AvgIpc) is 2.75. The topological polar surface area (TPSA) is 18.5 Å². The maximum absolute atomic E-state index is 5.95. The van der Waals surface area contributed by atoms with Crippen LogP contribution in [-0.2, 0) is 9.47 Å². The monoisotopic (exact) mass is 246 g/mol. The molecular formula is C11H18O2S2. The number of ether oxygens (including phenoxy) is 2. The second-order valence-electron chi connectivity index (χ2n) is 5.04. The average molecular weight is 246 g/mol. The second-order valence-corrected chi connectivity index (χ2v) is 8.15. The van der Waals surface area contributed by atoms with Crippen LogP contribution in [0.15, 0.2) is 0 Å². The van der Waals surface area contributed by atoms with Gasteiger partial charge < -0.3 is 9.47 Å². The molecule has 2 aliphatic heterocycles. The van der Waals surface area contributed by atoms with E-state index in [2.05, 4.69) is 23.5 Å². The zero-order chi connectivity index (χ0) is 10.5. The van der Waals surface area contributed by atoms with Crippen molar-refractivity contribution in [3.8, 4) is 0 Å². The summed E-state index contributed by atoms with van der Waals surface area (Å²) in [4.78, 5) is 0. The van der Waals surface area contributed by atoms with Gasteiger partial charge in [0.2, 0.25) is 0 Å². The fraction of sp³-hybridized carbons (Fsp3) is 1.00. The van der Waals surface area contributed by atoms with E-state index in [1.54, 1.807) is 0 Å². The molecule has 3 rings (SSSR count). The zero-order valence-corrected chi connectivity index (χ0v) is 11.0. The van der Waals surface area contributed by atoms with Crippen molar-refractivity contribution in [3.63, 3.8) is 0 Å². The fourth-order valence-corrected chi connectivity index (χ4v) is 6.11. The first-order chi connectivity index (χ1) is 7.11. The number of rotatable bonds is 1. The van der Waals surface area contributed by atoms with Gasteiger partial charge in [0, 0.05) is 5.92 Å². The lowest BCUT2D eigenvalue weighted by Crippen LogP contribution is -2.24. The van der Waals surface area contributed by atoms with Crippen LogP contribution in [0.25, 0.3) is 0 Å². The van der Waals surface area contributed by atoms with Crippen molar-refractivity contribution >= 4 is 23.5 Å². The van der Waals surface area contributed by atoms with Crippen LogP contribution in [-0.4, -0.2) is 34.1 Å². The molecule has 0 bridgehead atoms. The molecule has 3 fully saturated rings. The minimum absolute atomic E-state index is 0.345. The van der Waals surface area contributed by atoms with Crippen LogP contribution < -0.4 is 0 Å². The number of thioether (sulfide) groups is 2. The molecule has 2 heterocycles. The lowest BCUT2D eigenvalue weighted by molar-refractivity contribution is -0.140. The molecule has 2 saturated heterocycles. The van der Waals surface area contributed by atoms with Crippen molar-refractivity contribution in [2.24, 2.45) is 5.92 Å². The van der Waals surface area contributed by atoms with Crippen LogP contribution in [0.4, 0.5) is 0 Å². The van der Waals surface area contributed by atoms with Gasteiger partial charge in [-0.15, -0.1) is 23.5 Å². The SMILES string of the molecule is CC1(C)OC[C@H]([C@H]2CC23SCCCS3)O1. The van der Waals surface area contributed by atoms with Gasteiger partial charge in [0.05, 0.1) is 16.8 Å². The Bertz CT molecular complexity index is 261. The van der Waals surface area contributed by atoms with Gasteiger partial charge in [-0.2, -0.15) is 0 Å². The van der Waals surface area contributed by atoms with Crippen molar-refractivity contribution in [1.82, 2.24) is 0 Å². The summed E-state index contributed by atoms with van der Waals surface area (Å²) in [6.07, 6.45) is 3.04. The third-order valence-corrected chi connectivity index (χ3v) is 6.98. The van der Waals surface area contributed by atoms with Crippen molar-refractivity contribution < 1.29 is 9.47 Å². The molecule has 86 valence electrons. The van der Waals surface area contributed by atoms with E-state index in [4.69, 9.17) is 9.47 Å². The van der Waals surface area contributed by atoms with E-state index in [1.807, 2.05) is 13.8 Å². The lowest BCUT2D eigenvalue weighted by Gasteiger charge is -2.24. The third kappa shape index (κ3) is 1.94. The minimum atomic E-state index is -0.349. The Morgan fingerprint density at radius 1 is 1.20 bits per heavy atom. The predicted molar refractivity (Wildman–Crippen MR) is 65.3 cm³/mol. The molecule has 0 aromatic rings. The van der Waals surface area contributed by atoms with Gasteiger partial charge in [0.25, 0.3) is 0 Å². The molecule has 2 nitrogen and oxygen atoms in total. The van der Waals surface area contributed by atoms with E-state index in [0.717, 1.165) is 12.5 Å². The summed E-state index contributed by atoms with van der Waals surface area (Å²) in [5.41, 5.74) is 0. The first kappa shape index (κ1) is 10.8. The summed E-state index contributed by atoms with van der Waals surface area (Å²) in [7, 11) is 0. The smallest absolute Gasteiger partial charge is 0.163 e. The molecule has 0 aromatic heterocycles. The van der Waals surface area contributed by atoms with E-state index >= 15 is 0 Å². The molecule has 0 amide bonds. The summed E-state index contributed by atoms with van der Waals surface area (Å²) in [5.74, 6) is 3.05. The Kier molecular flexibility index (Phi) is 2.55. The van der Waals surface area contributed by atoms with Gasteiger partial charge in [-0.25, -0.2) is 0 Å². The Labute approximate surface area is 99.8 Å². The van der Waals surface area contributed by atoms with Crippen molar-refractivity contribution in [2.75, 3.05) is 18.1 Å². The molecule has 15 heavy (non-hydrogen) atoms. The minimum Gasteiger partial charge on any atom is -0.348 e. The first-order valence-corrected chi connectivity index (χ1v) is 7.68. The van der Waals surface area contributed by atoms with Crippen molar-refractivity contribution in [2.45, 2.75) is 42.7 Å². The van der Waals surface area contributed by atoms with E-state index in [0.29, 0.717) is 10.2 Å². The highest BCUT2D eigenvalue weighted by Crippen LogP contribution is 2.66. The summed E-state index contributed by atoms with van der Waals surface area (Å²) in [5, 5.41) is 0. The van der Waals surface area contributed by atoms with E-state index in [9.17, 15) is 0 Å². The Morgan fingerprint density at radius 3 is 2.53 bits per heavy atom. The summed E-state index contributed by atoms with van der Waals surface area (Å²) in [6.45, 7) is 4.83. The molecule has 0 aromatic carbocycles. The molecule has 2 atom stereocenters. The Hall–Kier alpha value is 0.620. The first-order valence-electron chi connectivity index (χ1n) is 5.71. The van der Waals surface area contributed by atoms with Crippen LogP contribution in [0.2, 0.25) is 0 Å². The fourth-order valence-electron chi connectivity index (χ4n) is 2.50. The molecule has 3 aliphatic rings. The highest BCUT2D eigenvalue weighted by molar-refractivity contribution is 8.19. The summed E-state index contributed by atoms with van der Waals surface area (Å²) in [6, 6.07) is 0. The van der Waals surface area contributed by atoms with Crippen LogP contribution in [0, 0.1) is 5.92 Å². The number of hydrogen-bond donors (Lipinski definition) is 0. The van der Waals surface area contributed by atoms with Gasteiger partial charge in [0.15, 0.2) is 5.79 Å². The Balaban J connectivity index is 1.62. The van der Waals surface area contributed by atoms with Crippen LogP contribution in [0.5, 0.6) is 0 Å². The van der Waals surface area contributed by atoms with Crippen molar-refractivity contribution in [3.05, 3.63) is 0 Å². The highest BCUT2D eigenvalue weighted by Gasteiger charge is 2.61. The quantitative estimate of drug-likeness (QED) is 0.708. The maximum Gasteiger partial charge on any atom is 0.163 e. The lowest BCUT2D eigenvalue weighted by atomic mass is 10.2. The van der Waals surface area contributed by atoms with Crippen LogP contribution in [0.3, 0.4) is 0 Å². The van der Waals surface area contributed by atoms with E-state index < -0.39 is 0 Å². The van der Waals surface area contributed by atoms with E-state index in [1.165, 1.54) is 24.3 Å². The molecular weight excluding hydrogens is 228 g/mol. The van der Waals surface area contributed by atoms with Crippen LogP contribution >= 0.6 is 23.5 Å². The van der Waals surface area contributed by atoms with Gasteiger partial charge in [-0.3, -0.25) is 0 Å². The summed E-state index contributed by atoms with van der Waals surface area (Å²) >= 11 is 4.31. The maximum atomic E-state index is 5.95. The van der Waals surface area contributed by atoms with Gasteiger partial charge in [-0.05, 0) is 38.2 Å². The third-order valence-electron chi connectivity index (χ3n) is 3.37. The molecule has 0 radical (unpaired) electrons. The molecule has 0 N–H and O–H groups in total. The normalized spacial score (nSPS) is 42.0. The largest absolute Gasteiger partial charge is 0.348 e. The van der Waals surface area contributed by atoms with Crippen LogP contribution in [0.1, 0.15) is 26.7 Å². The molecule has 4 heteroatoms. The van der Waals surface area contributed by atoms with E-state index in [-0.39, 0.29) is 5.79 Å².